The summed E-state index contributed by atoms with van der Waals surface area (Å²) in [4.78, 5) is 11.6. The molecule has 0 aliphatic rings. The Labute approximate surface area is 86.5 Å². The summed E-state index contributed by atoms with van der Waals surface area (Å²) in [6.45, 7) is 8.42. The third kappa shape index (κ3) is 4.61. The molecule has 0 spiro atoms. The average molecular weight is 202 g/mol. The van der Waals surface area contributed by atoms with Crippen molar-refractivity contribution in [2.75, 3.05) is 13.2 Å². The molecule has 0 aliphatic heterocycles. The minimum absolute atomic E-state index is 0.0958. The van der Waals surface area contributed by atoms with Crippen LogP contribution in [0, 0.1) is 11.3 Å². The van der Waals surface area contributed by atoms with Crippen molar-refractivity contribution in [3.8, 4) is 0 Å². The Morgan fingerprint density at radius 2 is 2.00 bits per heavy atom. The Hall–Kier alpha value is -0.570. The zero-order valence-electron chi connectivity index (χ0n) is 9.67. The molecule has 0 saturated heterocycles. The smallest absolute Gasteiger partial charge is 0.309 e. The van der Waals surface area contributed by atoms with Crippen molar-refractivity contribution >= 4 is 5.97 Å². The molecular weight excluding hydrogens is 180 g/mol. The van der Waals surface area contributed by atoms with Gasteiger partial charge in [-0.2, -0.15) is 0 Å². The van der Waals surface area contributed by atoms with Crippen LogP contribution in [0.15, 0.2) is 0 Å². The highest BCUT2D eigenvalue weighted by atomic mass is 16.5. The molecule has 84 valence electrons. The molecule has 0 heterocycles. The number of carbonyl (C=O) groups is 1. The van der Waals surface area contributed by atoms with Crippen LogP contribution in [-0.2, 0) is 9.53 Å². The number of rotatable bonds is 5. The maximum Gasteiger partial charge on any atom is 0.309 e. The van der Waals surface area contributed by atoms with E-state index >= 15 is 0 Å². The summed E-state index contributed by atoms with van der Waals surface area (Å²) in [5.41, 5.74) is -0.0958. The van der Waals surface area contributed by atoms with Gasteiger partial charge in [0.05, 0.1) is 12.5 Å². The van der Waals surface area contributed by atoms with Crippen LogP contribution in [0.25, 0.3) is 0 Å². The zero-order chi connectivity index (χ0) is 11.2. The average Bonchev–Trinajstić information content (AvgIpc) is 2.03. The molecule has 0 aliphatic carbocycles. The number of hydrogen-bond acceptors (Lipinski definition) is 3. The van der Waals surface area contributed by atoms with Crippen LogP contribution in [0.1, 0.15) is 40.5 Å². The molecule has 0 aromatic carbocycles. The normalized spacial score (nSPS) is 13.8. The first-order valence-corrected chi connectivity index (χ1v) is 5.21. The Morgan fingerprint density at radius 3 is 2.36 bits per heavy atom. The predicted molar refractivity (Wildman–Crippen MR) is 55.9 cm³/mol. The van der Waals surface area contributed by atoms with Gasteiger partial charge in [0, 0.05) is 6.61 Å². The molecule has 1 N–H and O–H groups in total. The van der Waals surface area contributed by atoms with E-state index in [0.717, 1.165) is 0 Å². The SMILES string of the molecule is CCOC(=O)C(CCCO)C(C)(C)C. The van der Waals surface area contributed by atoms with Crippen molar-refractivity contribution < 1.29 is 14.6 Å². The largest absolute Gasteiger partial charge is 0.466 e. The number of carbonyl (C=O) groups excluding carboxylic acids is 1. The Kier molecular flexibility index (Phi) is 5.77. The molecule has 0 radical (unpaired) electrons. The van der Waals surface area contributed by atoms with Gasteiger partial charge in [-0.1, -0.05) is 20.8 Å². The molecule has 3 nitrogen and oxygen atoms in total. The summed E-state index contributed by atoms with van der Waals surface area (Å²) < 4.78 is 5.01. The van der Waals surface area contributed by atoms with E-state index < -0.39 is 0 Å². The van der Waals surface area contributed by atoms with Gasteiger partial charge in [-0.25, -0.2) is 0 Å². The third-order valence-corrected chi connectivity index (χ3v) is 2.27. The number of esters is 1. The third-order valence-electron chi connectivity index (χ3n) is 2.27. The molecule has 3 heteroatoms. The van der Waals surface area contributed by atoms with Gasteiger partial charge < -0.3 is 9.84 Å². The van der Waals surface area contributed by atoms with Crippen LogP contribution in [0.5, 0.6) is 0 Å². The molecular formula is C11H22O3. The van der Waals surface area contributed by atoms with E-state index in [4.69, 9.17) is 9.84 Å². The first-order valence-electron chi connectivity index (χ1n) is 5.21. The molecule has 0 aromatic heterocycles. The molecule has 1 unspecified atom stereocenters. The fourth-order valence-corrected chi connectivity index (χ4v) is 1.44. The molecule has 0 amide bonds. The number of hydrogen-bond donors (Lipinski definition) is 1. The molecule has 14 heavy (non-hydrogen) atoms. The maximum absolute atomic E-state index is 11.6. The van der Waals surface area contributed by atoms with E-state index in [-0.39, 0.29) is 23.9 Å². The van der Waals surface area contributed by atoms with Crippen molar-refractivity contribution in [1.29, 1.82) is 0 Å². The van der Waals surface area contributed by atoms with Crippen LogP contribution >= 0.6 is 0 Å². The van der Waals surface area contributed by atoms with Crippen molar-refractivity contribution in [3.63, 3.8) is 0 Å². The van der Waals surface area contributed by atoms with Gasteiger partial charge >= 0.3 is 5.97 Å². The van der Waals surface area contributed by atoms with Crippen LogP contribution in [0.2, 0.25) is 0 Å². The highest BCUT2D eigenvalue weighted by molar-refractivity contribution is 5.73. The van der Waals surface area contributed by atoms with Gasteiger partial charge in [0.25, 0.3) is 0 Å². The molecule has 0 saturated carbocycles. The van der Waals surface area contributed by atoms with Crippen LogP contribution in [0.3, 0.4) is 0 Å². The van der Waals surface area contributed by atoms with Crippen molar-refractivity contribution in [2.45, 2.75) is 40.5 Å². The quantitative estimate of drug-likeness (QED) is 0.693. The van der Waals surface area contributed by atoms with E-state index in [2.05, 4.69) is 0 Å². The molecule has 0 rings (SSSR count). The summed E-state index contributed by atoms with van der Waals surface area (Å²) in [6.07, 6.45) is 1.35. The lowest BCUT2D eigenvalue weighted by Gasteiger charge is -2.28. The molecule has 0 aromatic rings. The van der Waals surface area contributed by atoms with Gasteiger partial charge in [-0.05, 0) is 25.2 Å². The minimum atomic E-state index is -0.145. The van der Waals surface area contributed by atoms with Gasteiger partial charge in [0.2, 0.25) is 0 Å². The second-order valence-corrected chi connectivity index (χ2v) is 4.54. The lowest BCUT2D eigenvalue weighted by Crippen LogP contribution is -2.30. The predicted octanol–water partition coefficient (Wildman–Crippen LogP) is 1.98. The Balaban J connectivity index is 4.31. The summed E-state index contributed by atoms with van der Waals surface area (Å²) in [7, 11) is 0. The Morgan fingerprint density at radius 1 is 1.43 bits per heavy atom. The van der Waals surface area contributed by atoms with Crippen molar-refractivity contribution in [2.24, 2.45) is 11.3 Å². The lowest BCUT2D eigenvalue weighted by atomic mass is 9.78. The first kappa shape index (κ1) is 13.4. The monoisotopic (exact) mass is 202 g/mol. The van der Waals surface area contributed by atoms with Crippen molar-refractivity contribution in [1.82, 2.24) is 0 Å². The fraction of sp³-hybridized carbons (Fsp3) is 0.909. The molecule has 0 fully saturated rings. The lowest BCUT2D eigenvalue weighted by molar-refractivity contribution is -0.152. The minimum Gasteiger partial charge on any atom is -0.466 e. The number of aliphatic hydroxyl groups is 1. The second kappa shape index (κ2) is 6.02. The van der Waals surface area contributed by atoms with Crippen LogP contribution in [0.4, 0.5) is 0 Å². The summed E-state index contributed by atoms with van der Waals surface area (Å²) >= 11 is 0. The summed E-state index contributed by atoms with van der Waals surface area (Å²) in [6, 6.07) is 0. The second-order valence-electron chi connectivity index (χ2n) is 4.54. The number of ether oxygens (including phenoxy) is 1. The van der Waals surface area contributed by atoms with E-state index in [0.29, 0.717) is 19.4 Å². The topological polar surface area (TPSA) is 46.5 Å². The van der Waals surface area contributed by atoms with E-state index in [1.54, 1.807) is 0 Å². The maximum atomic E-state index is 11.6. The highest BCUT2D eigenvalue weighted by Crippen LogP contribution is 2.30. The van der Waals surface area contributed by atoms with Crippen LogP contribution in [-0.4, -0.2) is 24.3 Å². The molecule has 1 atom stereocenters. The van der Waals surface area contributed by atoms with Crippen LogP contribution < -0.4 is 0 Å². The van der Waals surface area contributed by atoms with Gasteiger partial charge in [0.1, 0.15) is 0 Å². The van der Waals surface area contributed by atoms with Gasteiger partial charge in [-0.3, -0.25) is 4.79 Å². The zero-order valence-corrected chi connectivity index (χ0v) is 9.67. The van der Waals surface area contributed by atoms with E-state index in [1.165, 1.54) is 0 Å². The van der Waals surface area contributed by atoms with Crippen molar-refractivity contribution in [3.05, 3.63) is 0 Å². The number of aliphatic hydroxyl groups excluding tert-OH is 1. The van der Waals surface area contributed by atoms with E-state index in [9.17, 15) is 4.79 Å². The summed E-state index contributed by atoms with van der Waals surface area (Å²) in [5, 5.41) is 8.74. The summed E-state index contributed by atoms with van der Waals surface area (Å²) in [5.74, 6) is -0.261. The fourth-order valence-electron chi connectivity index (χ4n) is 1.44. The van der Waals surface area contributed by atoms with E-state index in [1.807, 2.05) is 27.7 Å². The Bertz CT molecular complexity index is 170. The standard InChI is InChI=1S/C11H22O3/c1-5-14-10(13)9(7-6-8-12)11(2,3)4/h9,12H,5-8H2,1-4H3. The van der Waals surface area contributed by atoms with Gasteiger partial charge in [0.15, 0.2) is 0 Å². The highest BCUT2D eigenvalue weighted by Gasteiger charge is 2.31. The first-order chi connectivity index (χ1) is 6.43. The molecule has 0 bridgehead atoms. The van der Waals surface area contributed by atoms with Gasteiger partial charge in [-0.15, -0.1) is 0 Å².